The number of hydrogen-bond donors (Lipinski definition) is 2. The summed E-state index contributed by atoms with van der Waals surface area (Å²) in [5.41, 5.74) is 1.22. The zero-order valence-electron chi connectivity index (χ0n) is 19.9. The Morgan fingerprint density at radius 1 is 1.09 bits per heavy atom. The van der Waals surface area contributed by atoms with Crippen molar-refractivity contribution in [3.05, 3.63) is 23.8 Å². The van der Waals surface area contributed by atoms with E-state index in [0.717, 1.165) is 69.1 Å². The predicted molar refractivity (Wildman–Crippen MR) is 139 cm³/mol. The second-order valence-corrected chi connectivity index (χ2v) is 7.73. The molecule has 1 aliphatic carbocycles. The van der Waals surface area contributed by atoms with E-state index in [1.807, 2.05) is 19.9 Å². The highest BCUT2D eigenvalue weighted by atomic mass is 127. The Kier molecular flexibility index (Phi) is 14.2. The first-order chi connectivity index (χ1) is 15.1. The van der Waals surface area contributed by atoms with E-state index >= 15 is 0 Å². The van der Waals surface area contributed by atoms with Gasteiger partial charge in [-0.05, 0) is 77.0 Å². The maximum Gasteiger partial charge on any atom is 0.308 e. The number of aryl methyl sites for hydroxylation is 1. The van der Waals surface area contributed by atoms with Gasteiger partial charge >= 0.3 is 5.97 Å². The summed E-state index contributed by atoms with van der Waals surface area (Å²) < 4.78 is 16.2. The average Bonchev–Trinajstić information content (AvgIpc) is 2.78. The number of rotatable bonds is 11. The molecule has 2 N–H and O–H groups in total. The molecule has 1 aromatic carbocycles. The van der Waals surface area contributed by atoms with Crippen LogP contribution >= 0.6 is 24.0 Å². The van der Waals surface area contributed by atoms with Crippen LogP contribution in [0.5, 0.6) is 11.5 Å². The third-order valence-corrected chi connectivity index (χ3v) is 5.45. The minimum absolute atomic E-state index is 0. The summed E-state index contributed by atoms with van der Waals surface area (Å²) in [6, 6.07) is 6.44. The van der Waals surface area contributed by atoms with Gasteiger partial charge in [-0.1, -0.05) is 6.07 Å². The summed E-state index contributed by atoms with van der Waals surface area (Å²) in [7, 11) is 1.66. The van der Waals surface area contributed by atoms with Crippen LogP contribution in [0.25, 0.3) is 0 Å². The smallest absolute Gasteiger partial charge is 0.308 e. The number of carbonyl (C=O) groups is 1. The molecule has 0 spiro atoms. The number of ether oxygens (including phenoxy) is 3. The Bertz CT molecular complexity index is 706. The minimum Gasteiger partial charge on any atom is -0.493 e. The molecule has 2 rings (SSSR count). The van der Waals surface area contributed by atoms with Crippen molar-refractivity contribution >= 4 is 35.9 Å². The first-order valence-electron chi connectivity index (χ1n) is 11.6. The first-order valence-corrected chi connectivity index (χ1v) is 11.6. The quantitative estimate of drug-likeness (QED) is 0.138. The van der Waals surface area contributed by atoms with E-state index in [1.54, 1.807) is 7.11 Å². The molecule has 182 valence electrons. The highest BCUT2D eigenvalue weighted by Crippen LogP contribution is 2.28. The first kappa shape index (κ1) is 28.3. The molecule has 1 aromatic rings. The number of aliphatic imine (C=N–C) groups is 1. The lowest BCUT2D eigenvalue weighted by Crippen LogP contribution is -2.45. The highest BCUT2D eigenvalue weighted by Gasteiger charge is 2.27. The Hall–Kier alpha value is -1.71. The van der Waals surface area contributed by atoms with E-state index in [9.17, 15) is 4.79 Å². The molecule has 1 aliphatic rings. The van der Waals surface area contributed by atoms with E-state index in [-0.39, 0.29) is 35.9 Å². The minimum atomic E-state index is -0.0486. The normalized spacial score (nSPS) is 18.3. The van der Waals surface area contributed by atoms with Gasteiger partial charge < -0.3 is 24.8 Å². The van der Waals surface area contributed by atoms with Gasteiger partial charge in [0.2, 0.25) is 0 Å². The van der Waals surface area contributed by atoms with Crippen LogP contribution in [0.3, 0.4) is 0 Å². The molecular weight excluding hydrogens is 521 g/mol. The Morgan fingerprint density at radius 3 is 2.47 bits per heavy atom. The van der Waals surface area contributed by atoms with Gasteiger partial charge in [-0.25, -0.2) is 0 Å². The van der Waals surface area contributed by atoms with E-state index in [4.69, 9.17) is 19.2 Å². The third-order valence-electron chi connectivity index (χ3n) is 5.45. The summed E-state index contributed by atoms with van der Waals surface area (Å²) in [5, 5.41) is 6.87. The zero-order chi connectivity index (χ0) is 22.5. The number of hydrogen-bond acceptors (Lipinski definition) is 5. The van der Waals surface area contributed by atoms with Crippen molar-refractivity contribution in [3.63, 3.8) is 0 Å². The lowest BCUT2D eigenvalue weighted by atomic mass is 9.86. The number of esters is 1. The summed E-state index contributed by atoms with van der Waals surface area (Å²) >= 11 is 0. The van der Waals surface area contributed by atoms with E-state index < -0.39 is 0 Å². The largest absolute Gasteiger partial charge is 0.493 e. The van der Waals surface area contributed by atoms with Gasteiger partial charge in [0.15, 0.2) is 17.5 Å². The Balaban J connectivity index is 0.00000512. The van der Waals surface area contributed by atoms with Crippen LogP contribution in [0.2, 0.25) is 0 Å². The summed E-state index contributed by atoms with van der Waals surface area (Å²) in [4.78, 5) is 16.7. The number of nitrogens with one attached hydrogen (secondary N) is 2. The number of carbonyl (C=O) groups excluding carboxylic acids is 1. The van der Waals surface area contributed by atoms with Gasteiger partial charge in [0.1, 0.15) is 0 Å². The molecule has 8 heteroatoms. The van der Waals surface area contributed by atoms with Crippen molar-refractivity contribution in [2.75, 3.05) is 33.4 Å². The average molecular weight is 562 g/mol. The molecule has 0 saturated heterocycles. The lowest BCUT2D eigenvalue weighted by Gasteiger charge is -2.29. The lowest BCUT2D eigenvalue weighted by molar-refractivity contribution is -0.149. The van der Waals surface area contributed by atoms with Crippen LogP contribution in [0.1, 0.15) is 58.4 Å². The molecule has 0 aliphatic heterocycles. The second kappa shape index (κ2) is 16.0. The standard InChI is InChI=1S/C24H39N3O4.HI/c1-5-25-24(27-20-13-11-19(12-14-20)23(28)31-7-3)26-16-8-9-18-10-15-21(29-4)22(17-18)30-6-2;/h10,15,17,19-20H,5-9,11-14,16H2,1-4H3,(H2,25,26,27);1H. The van der Waals surface area contributed by atoms with E-state index in [0.29, 0.717) is 19.3 Å². The number of methoxy groups -OCH3 is 1. The van der Waals surface area contributed by atoms with E-state index in [2.05, 4.69) is 29.7 Å². The zero-order valence-corrected chi connectivity index (χ0v) is 22.3. The number of halogens is 1. The molecule has 0 unspecified atom stereocenters. The number of guanidine groups is 1. The van der Waals surface area contributed by atoms with Gasteiger partial charge in [-0.2, -0.15) is 0 Å². The van der Waals surface area contributed by atoms with Crippen LogP contribution < -0.4 is 20.1 Å². The van der Waals surface area contributed by atoms with Crippen LogP contribution in [0.4, 0.5) is 0 Å². The molecule has 0 amide bonds. The van der Waals surface area contributed by atoms with Crippen LogP contribution in [0, 0.1) is 5.92 Å². The Morgan fingerprint density at radius 2 is 1.84 bits per heavy atom. The molecule has 32 heavy (non-hydrogen) atoms. The fourth-order valence-electron chi connectivity index (χ4n) is 3.87. The van der Waals surface area contributed by atoms with Gasteiger partial charge in [0.25, 0.3) is 0 Å². The molecule has 1 fully saturated rings. The molecule has 0 heterocycles. The molecule has 0 atom stereocenters. The summed E-state index contributed by atoms with van der Waals surface area (Å²) in [5.74, 6) is 2.40. The molecule has 0 aromatic heterocycles. The topological polar surface area (TPSA) is 81.2 Å². The SMILES string of the molecule is CCNC(=NCCCc1ccc(OC)c(OCC)c1)NC1CCC(C(=O)OCC)CC1.I. The van der Waals surface area contributed by atoms with Gasteiger partial charge in [-0.15, -0.1) is 24.0 Å². The fraction of sp³-hybridized carbons (Fsp3) is 0.667. The van der Waals surface area contributed by atoms with Crippen molar-refractivity contribution in [3.8, 4) is 11.5 Å². The van der Waals surface area contributed by atoms with Crippen molar-refractivity contribution < 1.29 is 19.0 Å². The second-order valence-electron chi connectivity index (χ2n) is 7.73. The predicted octanol–water partition coefficient (Wildman–Crippen LogP) is 4.32. The molecule has 0 bridgehead atoms. The summed E-state index contributed by atoms with van der Waals surface area (Å²) in [6.45, 7) is 8.53. The van der Waals surface area contributed by atoms with Gasteiger partial charge in [-0.3, -0.25) is 9.79 Å². The fourth-order valence-corrected chi connectivity index (χ4v) is 3.87. The monoisotopic (exact) mass is 561 g/mol. The van der Waals surface area contributed by atoms with Crippen LogP contribution in [0.15, 0.2) is 23.2 Å². The molecule has 0 radical (unpaired) electrons. The molecule has 1 saturated carbocycles. The van der Waals surface area contributed by atoms with Crippen LogP contribution in [-0.4, -0.2) is 51.4 Å². The highest BCUT2D eigenvalue weighted by molar-refractivity contribution is 14.0. The summed E-state index contributed by atoms with van der Waals surface area (Å²) in [6.07, 6.45) is 5.53. The van der Waals surface area contributed by atoms with E-state index in [1.165, 1.54) is 5.56 Å². The molecular formula is C24H40IN3O4. The van der Waals surface area contributed by atoms with Crippen molar-refractivity contribution in [2.24, 2.45) is 10.9 Å². The van der Waals surface area contributed by atoms with Crippen molar-refractivity contribution in [1.29, 1.82) is 0 Å². The van der Waals surface area contributed by atoms with Crippen LogP contribution in [-0.2, 0) is 16.0 Å². The molecule has 7 nitrogen and oxygen atoms in total. The maximum atomic E-state index is 11.9. The maximum absolute atomic E-state index is 11.9. The van der Waals surface area contributed by atoms with Crippen molar-refractivity contribution in [2.45, 2.75) is 65.3 Å². The Labute approximate surface area is 210 Å². The third kappa shape index (κ3) is 9.42. The van der Waals surface area contributed by atoms with Gasteiger partial charge in [0, 0.05) is 19.1 Å². The number of benzene rings is 1. The van der Waals surface area contributed by atoms with Crippen molar-refractivity contribution in [1.82, 2.24) is 10.6 Å². The van der Waals surface area contributed by atoms with Gasteiger partial charge in [0.05, 0.1) is 26.2 Å². The number of nitrogens with zero attached hydrogens (tertiary/aromatic N) is 1.